The molecule has 7 nitrogen and oxygen atoms in total. The summed E-state index contributed by atoms with van der Waals surface area (Å²) in [4.78, 5) is 10.8. The van der Waals surface area contributed by atoms with Gasteiger partial charge in [0, 0.05) is 20.0 Å². The van der Waals surface area contributed by atoms with Gasteiger partial charge in [-0.3, -0.25) is 4.79 Å². The topological polar surface area (TPSA) is 92.1 Å². The molecule has 1 heterocycles. The molecule has 0 aliphatic heterocycles. The van der Waals surface area contributed by atoms with E-state index in [4.69, 9.17) is 4.42 Å². The molecular formula is C19H18F3N5O2. The molecule has 0 aliphatic rings. The fourth-order valence-electron chi connectivity index (χ4n) is 2.52. The van der Waals surface area contributed by atoms with Gasteiger partial charge in [0.1, 0.15) is 5.82 Å². The molecule has 0 saturated heterocycles. The third-order valence-corrected chi connectivity index (χ3v) is 3.91. The van der Waals surface area contributed by atoms with Crippen molar-refractivity contribution >= 4 is 23.3 Å². The Morgan fingerprint density at radius 3 is 2.59 bits per heavy atom. The maximum absolute atomic E-state index is 14.5. The second-order valence-corrected chi connectivity index (χ2v) is 6.21. The predicted octanol–water partition coefficient (Wildman–Crippen LogP) is 3.75. The third-order valence-electron chi connectivity index (χ3n) is 3.91. The zero-order valence-corrected chi connectivity index (χ0v) is 15.6. The third kappa shape index (κ3) is 4.84. The van der Waals surface area contributed by atoms with E-state index in [-0.39, 0.29) is 34.8 Å². The van der Waals surface area contributed by atoms with E-state index in [1.807, 2.05) is 0 Å². The van der Waals surface area contributed by atoms with Gasteiger partial charge in [-0.15, -0.1) is 5.10 Å². The number of hydrogen-bond donors (Lipinski definition) is 3. The van der Waals surface area contributed by atoms with Crippen LogP contribution in [0.5, 0.6) is 0 Å². The van der Waals surface area contributed by atoms with Crippen molar-refractivity contribution in [3.8, 4) is 11.5 Å². The summed E-state index contributed by atoms with van der Waals surface area (Å²) in [6, 6.07) is 6.51. The molecule has 1 amide bonds. The van der Waals surface area contributed by atoms with Crippen molar-refractivity contribution in [2.75, 3.05) is 23.7 Å². The van der Waals surface area contributed by atoms with Gasteiger partial charge >= 0.3 is 6.01 Å². The Balaban J connectivity index is 1.86. The Morgan fingerprint density at radius 1 is 1.07 bits per heavy atom. The molecule has 1 aromatic heterocycles. The molecule has 0 spiro atoms. The van der Waals surface area contributed by atoms with Gasteiger partial charge in [-0.1, -0.05) is 11.2 Å². The van der Waals surface area contributed by atoms with Crippen LogP contribution in [0, 0.1) is 24.4 Å². The van der Waals surface area contributed by atoms with Crippen molar-refractivity contribution in [2.45, 2.75) is 13.8 Å². The van der Waals surface area contributed by atoms with E-state index in [0.29, 0.717) is 18.7 Å². The molecule has 0 unspecified atom stereocenters. The first-order chi connectivity index (χ1) is 13.8. The second-order valence-electron chi connectivity index (χ2n) is 6.21. The van der Waals surface area contributed by atoms with Crippen molar-refractivity contribution in [2.24, 2.45) is 0 Å². The number of halogens is 3. The summed E-state index contributed by atoms with van der Waals surface area (Å²) in [6.45, 7) is 3.75. The molecule has 3 N–H and O–H groups in total. The average Bonchev–Trinajstić information content (AvgIpc) is 3.13. The van der Waals surface area contributed by atoms with Crippen LogP contribution in [0.4, 0.5) is 30.6 Å². The highest BCUT2D eigenvalue weighted by Crippen LogP contribution is 2.34. The molecule has 0 fully saturated rings. The first-order valence-electron chi connectivity index (χ1n) is 8.68. The predicted molar refractivity (Wildman–Crippen MR) is 101 cm³/mol. The van der Waals surface area contributed by atoms with Gasteiger partial charge in [-0.2, -0.15) is 0 Å². The highest BCUT2D eigenvalue weighted by molar-refractivity contribution is 5.78. The Bertz CT molecular complexity index is 1040. The van der Waals surface area contributed by atoms with Gasteiger partial charge in [0.15, 0.2) is 11.6 Å². The molecule has 29 heavy (non-hydrogen) atoms. The lowest BCUT2D eigenvalue weighted by Crippen LogP contribution is -2.26. The Hall–Kier alpha value is -3.56. The standard InChI is InChI=1S/C19H18F3N5O2/c1-10-3-6-15(14(21)9-10)25-17-12(4-5-13(20)16(17)22)18-26-27-19(29-18)24-8-7-23-11(2)28/h3-6,9,25H,7-8H2,1-2H3,(H,23,28)(H,24,27). The average molecular weight is 405 g/mol. The van der Waals surface area contributed by atoms with E-state index in [2.05, 4.69) is 26.1 Å². The zero-order chi connectivity index (χ0) is 21.0. The van der Waals surface area contributed by atoms with Crippen LogP contribution in [0.1, 0.15) is 12.5 Å². The number of aryl methyl sites for hydroxylation is 1. The number of anilines is 3. The number of aromatic nitrogens is 2. The number of nitrogens with zero attached hydrogens (tertiary/aromatic N) is 2. The van der Waals surface area contributed by atoms with E-state index in [1.165, 1.54) is 25.1 Å². The fourth-order valence-corrected chi connectivity index (χ4v) is 2.52. The fraction of sp³-hybridized carbons (Fsp3) is 0.211. The first kappa shape index (κ1) is 20.2. The molecule has 0 aliphatic carbocycles. The van der Waals surface area contributed by atoms with E-state index in [1.54, 1.807) is 13.0 Å². The van der Waals surface area contributed by atoms with Crippen LogP contribution < -0.4 is 16.0 Å². The summed E-state index contributed by atoms with van der Waals surface area (Å²) in [5.74, 6) is -3.22. The molecule has 3 rings (SSSR count). The van der Waals surface area contributed by atoms with Gasteiger partial charge in [0.05, 0.1) is 16.9 Å². The van der Waals surface area contributed by atoms with Gasteiger partial charge in [-0.25, -0.2) is 13.2 Å². The Morgan fingerprint density at radius 2 is 1.86 bits per heavy atom. The Labute approximate surface area is 164 Å². The SMILES string of the molecule is CC(=O)NCCNc1nnc(-c2ccc(F)c(F)c2Nc2ccc(C)cc2F)o1. The highest BCUT2D eigenvalue weighted by Gasteiger charge is 2.20. The van der Waals surface area contributed by atoms with Crippen molar-refractivity contribution < 1.29 is 22.4 Å². The van der Waals surface area contributed by atoms with Gasteiger partial charge < -0.3 is 20.4 Å². The first-order valence-corrected chi connectivity index (χ1v) is 8.68. The lowest BCUT2D eigenvalue weighted by atomic mass is 10.1. The maximum atomic E-state index is 14.5. The minimum Gasteiger partial charge on any atom is -0.403 e. The minimum absolute atomic E-state index is 0.0301. The van der Waals surface area contributed by atoms with E-state index in [0.717, 1.165) is 6.07 Å². The maximum Gasteiger partial charge on any atom is 0.315 e. The largest absolute Gasteiger partial charge is 0.403 e. The van der Waals surface area contributed by atoms with E-state index in [9.17, 15) is 18.0 Å². The molecule has 0 saturated carbocycles. The summed E-state index contributed by atoms with van der Waals surface area (Å²) in [7, 11) is 0. The summed E-state index contributed by atoms with van der Waals surface area (Å²) in [6.07, 6.45) is 0. The zero-order valence-electron chi connectivity index (χ0n) is 15.6. The second kappa shape index (κ2) is 8.63. The summed E-state index contributed by atoms with van der Waals surface area (Å²) in [5.41, 5.74) is 0.377. The van der Waals surface area contributed by atoms with Crippen LogP contribution in [-0.4, -0.2) is 29.2 Å². The van der Waals surface area contributed by atoms with E-state index < -0.39 is 17.5 Å². The number of hydrogen-bond acceptors (Lipinski definition) is 6. The quantitative estimate of drug-likeness (QED) is 0.519. The molecular weight excluding hydrogens is 387 g/mol. The van der Waals surface area contributed by atoms with Crippen LogP contribution >= 0.6 is 0 Å². The normalized spacial score (nSPS) is 10.7. The van der Waals surface area contributed by atoms with Crippen LogP contribution in [0.2, 0.25) is 0 Å². The lowest BCUT2D eigenvalue weighted by Gasteiger charge is -2.12. The summed E-state index contributed by atoms with van der Waals surface area (Å²) >= 11 is 0. The van der Waals surface area contributed by atoms with E-state index >= 15 is 0 Å². The highest BCUT2D eigenvalue weighted by atomic mass is 19.2. The monoisotopic (exact) mass is 405 g/mol. The number of carbonyl (C=O) groups excluding carboxylic acids is 1. The summed E-state index contributed by atoms with van der Waals surface area (Å²) in [5, 5.41) is 15.5. The van der Waals surface area contributed by atoms with Crippen molar-refractivity contribution in [3.63, 3.8) is 0 Å². The van der Waals surface area contributed by atoms with Crippen LogP contribution in [0.15, 0.2) is 34.7 Å². The van der Waals surface area contributed by atoms with Crippen molar-refractivity contribution in [1.82, 2.24) is 15.5 Å². The molecule has 0 atom stereocenters. The molecule has 0 radical (unpaired) electrons. The summed E-state index contributed by atoms with van der Waals surface area (Å²) < 4.78 is 47.9. The van der Waals surface area contributed by atoms with Crippen molar-refractivity contribution in [3.05, 3.63) is 53.3 Å². The minimum atomic E-state index is -1.21. The number of benzene rings is 2. The van der Waals surface area contributed by atoms with Crippen molar-refractivity contribution in [1.29, 1.82) is 0 Å². The Kier molecular flexibility index (Phi) is 6.01. The number of nitrogens with one attached hydrogen (secondary N) is 3. The smallest absolute Gasteiger partial charge is 0.315 e. The van der Waals surface area contributed by atoms with Gasteiger partial charge in [-0.05, 0) is 36.8 Å². The number of amides is 1. The van der Waals surface area contributed by atoms with Crippen LogP contribution in [0.3, 0.4) is 0 Å². The molecule has 0 bridgehead atoms. The molecule has 3 aromatic rings. The van der Waals surface area contributed by atoms with Crippen LogP contribution in [0.25, 0.3) is 11.5 Å². The number of carbonyl (C=O) groups is 1. The molecule has 2 aromatic carbocycles. The lowest BCUT2D eigenvalue weighted by molar-refractivity contribution is -0.118. The van der Waals surface area contributed by atoms with Gasteiger partial charge in [0.25, 0.3) is 5.89 Å². The van der Waals surface area contributed by atoms with Crippen LogP contribution in [-0.2, 0) is 4.79 Å². The van der Waals surface area contributed by atoms with Gasteiger partial charge in [0.2, 0.25) is 5.91 Å². The molecule has 10 heteroatoms. The molecule has 152 valence electrons. The number of rotatable bonds is 7.